The van der Waals surface area contributed by atoms with Crippen LogP contribution in [0.15, 0.2) is 24.3 Å². The molecule has 9 rings (SSSR count). The van der Waals surface area contributed by atoms with Gasteiger partial charge in [-0.25, -0.2) is 18.2 Å². The zero-order chi connectivity index (χ0) is 32.0. The summed E-state index contributed by atoms with van der Waals surface area (Å²) in [6.07, 6.45) is 4.82. The van der Waals surface area contributed by atoms with Crippen molar-refractivity contribution < 1.29 is 23.0 Å². The van der Waals surface area contributed by atoms with Crippen LogP contribution in [0.1, 0.15) is 69.0 Å². The zero-order valence-corrected chi connectivity index (χ0v) is 26.0. The SMILES string of the molecule is CC[C@H](NC1CC1)[C@H]1C[C@H]2C#Cc3c(F)ccc4cc(O)cc(c34)-c3nc2c2c(nc(OC[C@@]45CCCN4C[C@H](F)C5)nc2c3F)N1. The maximum Gasteiger partial charge on any atom is 0.319 e. The van der Waals surface area contributed by atoms with E-state index in [4.69, 9.17) is 14.7 Å². The molecule has 1 saturated carbocycles. The average molecular weight is 641 g/mol. The number of phenolic OH excluding ortho intramolecular Hbond substituents is 1. The number of aromatic hydroxyl groups is 1. The van der Waals surface area contributed by atoms with E-state index in [1.807, 2.05) is 0 Å². The number of aromatic nitrogens is 3. The van der Waals surface area contributed by atoms with Crippen LogP contribution in [0.5, 0.6) is 11.8 Å². The first-order valence-corrected chi connectivity index (χ1v) is 16.7. The topological polar surface area (TPSA) is 95.4 Å². The van der Waals surface area contributed by atoms with Gasteiger partial charge < -0.3 is 20.5 Å². The summed E-state index contributed by atoms with van der Waals surface area (Å²) >= 11 is 0. The molecule has 0 unspecified atom stereocenters. The Labute approximate surface area is 270 Å². The van der Waals surface area contributed by atoms with Gasteiger partial charge in [0.2, 0.25) is 0 Å². The molecule has 2 bridgehead atoms. The lowest BCUT2D eigenvalue weighted by Gasteiger charge is -2.31. The second-order valence-electron chi connectivity index (χ2n) is 13.9. The number of anilines is 1. The van der Waals surface area contributed by atoms with Crippen LogP contribution < -0.4 is 15.4 Å². The highest BCUT2D eigenvalue weighted by molar-refractivity contribution is 6.04. The molecule has 8 nitrogen and oxygen atoms in total. The van der Waals surface area contributed by atoms with E-state index in [9.17, 15) is 9.50 Å². The van der Waals surface area contributed by atoms with Crippen molar-refractivity contribution in [3.05, 3.63) is 47.2 Å². The molecular formula is C36H35F3N6O2. The van der Waals surface area contributed by atoms with Crippen molar-refractivity contribution in [1.29, 1.82) is 0 Å². The van der Waals surface area contributed by atoms with E-state index in [-0.39, 0.29) is 52.8 Å². The summed E-state index contributed by atoms with van der Waals surface area (Å²) in [6, 6.07) is 6.13. The first kappa shape index (κ1) is 29.0. The van der Waals surface area contributed by atoms with Gasteiger partial charge in [-0.3, -0.25) is 4.90 Å². The molecule has 3 fully saturated rings. The highest BCUT2D eigenvalue weighted by Gasteiger charge is 2.49. The lowest BCUT2D eigenvalue weighted by molar-refractivity contribution is 0.107. The van der Waals surface area contributed by atoms with Gasteiger partial charge in [-0.1, -0.05) is 24.8 Å². The fourth-order valence-electron chi connectivity index (χ4n) is 8.38. The Morgan fingerprint density at radius 1 is 1.19 bits per heavy atom. The van der Waals surface area contributed by atoms with Crippen LogP contribution in [0.3, 0.4) is 0 Å². The van der Waals surface area contributed by atoms with Crippen LogP contribution in [-0.2, 0) is 0 Å². The number of halogens is 3. The number of fused-ring (bicyclic) bond motifs is 3. The molecular weight excluding hydrogens is 605 g/mol. The highest BCUT2D eigenvalue weighted by Crippen LogP contribution is 2.45. The predicted octanol–water partition coefficient (Wildman–Crippen LogP) is 5.95. The van der Waals surface area contributed by atoms with Crippen LogP contribution in [0.4, 0.5) is 19.0 Å². The van der Waals surface area contributed by atoms with Gasteiger partial charge in [0.1, 0.15) is 41.4 Å². The number of rotatable bonds is 7. The lowest BCUT2D eigenvalue weighted by Crippen LogP contribution is -2.45. The molecule has 4 aromatic rings. The molecule has 11 heteroatoms. The molecule has 242 valence electrons. The number of nitrogens with zero attached hydrogens (tertiary/aromatic N) is 4. The van der Waals surface area contributed by atoms with Gasteiger partial charge in [0.05, 0.1) is 28.1 Å². The van der Waals surface area contributed by atoms with Crippen LogP contribution in [0.25, 0.3) is 32.9 Å². The molecule has 5 atom stereocenters. The first-order chi connectivity index (χ1) is 22.8. The molecule has 0 spiro atoms. The molecule has 2 aromatic heterocycles. The van der Waals surface area contributed by atoms with Gasteiger partial charge >= 0.3 is 6.01 Å². The normalized spacial score (nSPS) is 26.6. The van der Waals surface area contributed by atoms with E-state index >= 15 is 8.78 Å². The van der Waals surface area contributed by atoms with Gasteiger partial charge in [-0.05, 0) is 68.7 Å². The van der Waals surface area contributed by atoms with Crippen molar-refractivity contribution in [2.45, 2.75) is 87.6 Å². The van der Waals surface area contributed by atoms with E-state index in [2.05, 4.69) is 39.3 Å². The fourth-order valence-corrected chi connectivity index (χ4v) is 8.38. The monoisotopic (exact) mass is 640 g/mol. The Morgan fingerprint density at radius 3 is 2.89 bits per heavy atom. The Bertz CT molecular complexity index is 2030. The molecule has 1 aliphatic carbocycles. The van der Waals surface area contributed by atoms with Crippen molar-refractivity contribution in [3.8, 4) is 34.9 Å². The number of alkyl halides is 1. The third-order valence-electron chi connectivity index (χ3n) is 10.8. The quantitative estimate of drug-likeness (QED) is 0.214. The Morgan fingerprint density at radius 2 is 2.06 bits per heavy atom. The predicted molar refractivity (Wildman–Crippen MR) is 172 cm³/mol. The molecule has 3 N–H and O–H groups in total. The van der Waals surface area contributed by atoms with E-state index in [1.165, 1.54) is 18.2 Å². The van der Waals surface area contributed by atoms with Crippen LogP contribution >= 0.6 is 0 Å². The van der Waals surface area contributed by atoms with Crippen molar-refractivity contribution in [2.75, 3.05) is 25.0 Å². The fraction of sp³-hybridized carbons (Fsp3) is 0.472. The minimum atomic E-state index is -0.915. The summed E-state index contributed by atoms with van der Waals surface area (Å²) in [5, 5.41) is 19.4. The van der Waals surface area contributed by atoms with Crippen molar-refractivity contribution in [1.82, 2.24) is 25.2 Å². The Balaban J connectivity index is 1.25. The second kappa shape index (κ2) is 10.7. The van der Waals surface area contributed by atoms with Crippen LogP contribution in [0.2, 0.25) is 0 Å². The second-order valence-corrected chi connectivity index (χ2v) is 13.9. The van der Waals surface area contributed by atoms with Gasteiger partial charge in [0.25, 0.3) is 0 Å². The smallest absolute Gasteiger partial charge is 0.319 e. The minimum Gasteiger partial charge on any atom is -0.508 e. The maximum atomic E-state index is 17.0. The van der Waals surface area contributed by atoms with Gasteiger partial charge in [0.15, 0.2) is 5.82 Å². The summed E-state index contributed by atoms with van der Waals surface area (Å²) in [4.78, 5) is 16.5. The van der Waals surface area contributed by atoms with Gasteiger partial charge in [-0.15, -0.1) is 0 Å². The van der Waals surface area contributed by atoms with E-state index in [0.717, 1.165) is 38.6 Å². The molecule has 2 saturated heterocycles. The van der Waals surface area contributed by atoms with Crippen molar-refractivity contribution in [3.63, 3.8) is 0 Å². The number of benzene rings is 2. The minimum absolute atomic E-state index is 0.000565. The number of ether oxygens (including phenoxy) is 1. The first-order valence-electron chi connectivity index (χ1n) is 16.7. The summed E-state index contributed by atoms with van der Waals surface area (Å²) in [6.45, 7) is 3.53. The zero-order valence-electron chi connectivity index (χ0n) is 26.0. The number of phenols is 1. The summed E-state index contributed by atoms with van der Waals surface area (Å²) < 4.78 is 53.3. The van der Waals surface area contributed by atoms with Crippen molar-refractivity contribution >= 4 is 27.5 Å². The molecule has 5 aliphatic rings. The summed E-state index contributed by atoms with van der Waals surface area (Å²) in [5.74, 6) is 4.99. The van der Waals surface area contributed by atoms with E-state index in [1.54, 1.807) is 6.07 Å². The Kier molecular flexibility index (Phi) is 6.60. The van der Waals surface area contributed by atoms with Gasteiger partial charge in [0, 0.05) is 42.0 Å². The Hall–Kier alpha value is -4.14. The van der Waals surface area contributed by atoms with Gasteiger partial charge in [-0.2, -0.15) is 9.97 Å². The number of hydrogen-bond acceptors (Lipinski definition) is 8. The van der Waals surface area contributed by atoms with Crippen LogP contribution in [0, 0.1) is 23.5 Å². The number of pyridine rings is 1. The largest absolute Gasteiger partial charge is 0.508 e. The maximum absolute atomic E-state index is 17.0. The molecule has 6 heterocycles. The molecule has 47 heavy (non-hydrogen) atoms. The summed E-state index contributed by atoms with van der Waals surface area (Å²) in [7, 11) is 0. The number of hydrogen-bond donors (Lipinski definition) is 3. The van der Waals surface area contributed by atoms with Crippen LogP contribution in [-0.4, -0.2) is 74.5 Å². The third-order valence-corrected chi connectivity index (χ3v) is 10.8. The molecule has 4 aliphatic heterocycles. The number of nitrogens with one attached hydrogen (secondary N) is 2. The van der Waals surface area contributed by atoms with E-state index in [0.29, 0.717) is 53.1 Å². The molecule has 0 amide bonds. The summed E-state index contributed by atoms with van der Waals surface area (Å²) in [5.41, 5.74) is 0.406. The third kappa shape index (κ3) is 4.71. The molecule has 0 radical (unpaired) electrons. The molecule has 2 aromatic carbocycles. The standard InChI is InChI=1S/C36H35F3N6O2/c1-2-26(40-21-6-7-21)27-13-19-4-8-23-25(38)9-5-18-12-22(46)14-24(28(18)23)32-30(39)33-29(31(19)42-32)34(41-27)44-35(43-33)47-17-36-10-3-11-45(36)16-20(37)15-36/h5,9,12,14,19-21,26-27,40,46H,2-3,6-7,10-11,13,15-17H2,1H3,(H,41,43,44)/t19-,20-,26+,27-,36+/m1/s1. The lowest BCUT2D eigenvalue weighted by atomic mass is 9.91. The average Bonchev–Trinajstić information content (AvgIpc) is 3.73. The van der Waals surface area contributed by atoms with Crippen molar-refractivity contribution in [2.24, 2.45) is 0 Å². The highest BCUT2D eigenvalue weighted by atomic mass is 19.1. The van der Waals surface area contributed by atoms with E-state index < -0.39 is 29.3 Å².